The molecular formula is C16H16ClN5. The van der Waals surface area contributed by atoms with Gasteiger partial charge in [-0.15, -0.1) is 0 Å². The summed E-state index contributed by atoms with van der Waals surface area (Å²) >= 11 is 5.97. The number of hydrogen-bond donors (Lipinski definition) is 1. The second kappa shape index (κ2) is 4.95. The Morgan fingerprint density at radius 1 is 1.18 bits per heavy atom. The number of halogens is 1. The van der Waals surface area contributed by atoms with Gasteiger partial charge in [-0.1, -0.05) is 11.6 Å². The van der Waals surface area contributed by atoms with Crippen molar-refractivity contribution < 1.29 is 0 Å². The molecule has 3 aromatic rings. The lowest BCUT2D eigenvalue weighted by Gasteiger charge is -2.06. The number of nitrogens with zero attached hydrogens (tertiary/aromatic N) is 4. The van der Waals surface area contributed by atoms with Crippen molar-refractivity contribution in [1.29, 1.82) is 0 Å². The zero-order valence-corrected chi connectivity index (χ0v) is 13.2. The molecule has 0 unspecified atom stereocenters. The number of aryl methyl sites for hydroxylation is 2. The summed E-state index contributed by atoms with van der Waals surface area (Å²) in [5, 5.41) is 3.70. The fourth-order valence-corrected chi connectivity index (χ4v) is 2.97. The predicted molar refractivity (Wildman–Crippen MR) is 87.8 cm³/mol. The number of aromatic nitrogens is 4. The fraction of sp³-hybridized carbons (Fsp3) is 0.312. The third-order valence-corrected chi connectivity index (χ3v) is 4.13. The lowest BCUT2D eigenvalue weighted by Crippen LogP contribution is -1.97. The Morgan fingerprint density at radius 2 is 2.00 bits per heavy atom. The summed E-state index contributed by atoms with van der Waals surface area (Å²) < 4.78 is 2.20. The molecule has 0 saturated heterocycles. The van der Waals surface area contributed by atoms with Gasteiger partial charge in [-0.05, 0) is 38.0 Å². The van der Waals surface area contributed by atoms with Gasteiger partial charge in [0.25, 0.3) is 0 Å². The number of nitrogens with one attached hydrogen (secondary N) is 1. The standard InChI is InChI=1S/C16H16ClN5/c1-9-18-14(17)8-15(19-9)20-11-5-6-13-12(7-11)21-16(22(13)2)10-3-4-10/h5-8,10H,3-4H2,1-2H3,(H,18,19,20). The molecule has 0 radical (unpaired) electrons. The smallest absolute Gasteiger partial charge is 0.135 e. The molecular weight excluding hydrogens is 298 g/mol. The monoisotopic (exact) mass is 313 g/mol. The Bertz CT molecular complexity index is 846. The van der Waals surface area contributed by atoms with Crippen LogP contribution in [0.5, 0.6) is 0 Å². The van der Waals surface area contributed by atoms with E-state index in [2.05, 4.69) is 33.0 Å². The van der Waals surface area contributed by atoms with E-state index < -0.39 is 0 Å². The van der Waals surface area contributed by atoms with Crippen LogP contribution in [0.15, 0.2) is 24.3 Å². The fourth-order valence-electron chi connectivity index (χ4n) is 2.75. The van der Waals surface area contributed by atoms with Crippen molar-refractivity contribution in [2.24, 2.45) is 7.05 Å². The van der Waals surface area contributed by atoms with Crippen LogP contribution in [0.4, 0.5) is 11.5 Å². The highest BCUT2D eigenvalue weighted by atomic mass is 35.5. The van der Waals surface area contributed by atoms with Crippen molar-refractivity contribution in [3.8, 4) is 0 Å². The van der Waals surface area contributed by atoms with Crippen molar-refractivity contribution >= 4 is 34.1 Å². The van der Waals surface area contributed by atoms with Gasteiger partial charge in [0, 0.05) is 24.7 Å². The number of benzene rings is 1. The van der Waals surface area contributed by atoms with Crippen LogP contribution < -0.4 is 5.32 Å². The summed E-state index contributed by atoms with van der Waals surface area (Å²) in [5.74, 6) is 3.16. The Hall–Kier alpha value is -2.14. The first-order valence-corrected chi connectivity index (χ1v) is 7.72. The third kappa shape index (κ3) is 2.41. The lowest BCUT2D eigenvalue weighted by atomic mass is 10.2. The molecule has 1 aliphatic rings. The Labute approximate surface area is 133 Å². The average molecular weight is 314 g/mol. The van der Waals surface area contributed by atoms with Gasteiger partial charge in [0.15, 0.2) is 0 Å². The Kier molecular flexibility index (Phi) is 3.04. The summed E-state index contributed by atoms with van der Waals surface area (Å²) in [6, 6.07) is 7.89. The quantitative estimate of drug-likeness (QED) is 0.744. The van der Waals surface area contributed by atoms with E-state index in [-0.39, 0.29) is 0 Å². The molecule has 0 amide bonds. The number of anilines is 2. The van der Waals surface area contributed by atoms with Gasteiger partial charge in [0.05, 0.1) is 11.0 Å². The molecule has 1 aromatic carbocycles. The first-order chi connectivity index (χ1) is 10.6. The molecule has 1 aliphatic carbocycles. The molecule has 4 rings (SSSR count). The third-order valence-electron chi connectivity index (χ3n) is 3.94. The first-order valence-electron chi connectivity index (χ1n) is 7.35. The lowest BCUT2D eigenvalue weighted by molar-refractivity contribution is 0.820. The van der Waals surface area contributed by atoms with Crippen molar-refractivity contribution in [3.63, 3.8) is 0 Å². The van der Waals surface area contributed by atoms with Crippen LogP contribution >= 0.6 is 11.6 Å². The highest BCUT2D eigenvalue weighted by Crippen LogP contribution is 2.40. The van der Waals surface area contributed by atoms with Crippen LogP contribution in [-0.2, 0) is 7.05 Å². The van der Waals surface area contributed by atoms with E-state index in [1.807, 2.05) is 19.1 Å². The van der Waals surface area contributed by atoms with Crippen molar-refractivity contribution in [2.75, 3.05) is 5.32 Å². The van der Waals surface area contributed by atoms with E-state index in [1.54, 1.807) is 6.07 Å². The van der Waals surface area contributed by atoms with E-state index in [4.69, 9.17) is 16.6 Å². The Balaban J connectivity index is 1.70. The molecule has 1 N–H and O–H groups in total. The van der Waals surface area contributed by atoms with E-state index in [1.165, 1.54) is 18.7 Å². The minimum atomic E-state index is 0.435. The molecule has 112 valence electrons. The predicted octanol–water partition coefficient (Wildman–Crippen LogP) is 3.95. The highest BCUT2D eigenvalue weighted by molar-refractivity contribution is 6.29. The summed E-state index contributed by atoms with van der Waals surface area (Å²) in [6.07, 6.45) is 2.50. The number of hydrogen-bond acceptors (Lipinski definition) is 4. The average Bonchev–Trinajstić information content (AvgIpc) is 3.23. The molecule has 0 spiro atoms. The van der Waals surface area contributed by atoms with Gasteiger partial charge < -0.3 is 9.88 Å². The van der Waals surface area contributed by atoms with E-state index in [0.717, 1.165) is 16.7 Å². The largest absolute Gasteiger partial charge is 0.340 e. The SMILES string of the molecule is Cc1nc(Cl)cc(Nc2ccc3c(c2)nc(C2CC2)n3C)n1. The maximum Gasteiger partial charge on any atom is 0.135 e. The van der Waals surface area contributed by atoms with Gasteiger partial charge in [-0.2, -0.15) is 0 Å². The normalized spacial score (nSPS) is 14.5. The molecule has 5 nitrogen and oxygen atoms in total. The number of fused-ring (bicyclic) bond motifs is 1. The summed E-state index contributed by atoms with van der Waals surface area (Å²) in [6.45, 7) is 1.82. The molecule has 6 heteroatoms. The molecule has 0 bridgehead atoms. The van der Waals surface area contributed by atoms with Crippen molar-refractivity contribution in [3.05, 3.63) is 41.1 Å². The maximum absolute atomic E-state index is 5.97. The van der Waals surface area contributed by atoms with Gasteiger partial charge in [-0.3, -0.25) is 0 Å². The Morgan fingerprint density at radius 3 is 2.73 bits per heavy atom. The maximum atomic E-state index is 5.97. The minimum absolute atomic E-state index is 0.435. The van der Waals surface area contributed by atoms with Gasteiger partial charge in [0.2, 0.25) is 0 Å². The van der Waals surface area contributed by atoms with Crippen molar-refractivity contribution in [2.45, 2.75) is 25.7 Å². The number of imidazole rings is 1. The van der Waals surface area contributed by atoms with Crippen LogP contribution in [0.2, 0.25) is 5.15 Å². The van der Waals surface area contributed by atoms with E-state index >= 15 is 0 Å². The van der Waals surface area contributed by atoms with Crippen LogP contribution in [0.3, 0.4) is 0 Å². The van der Waals surface area contributed by atoms with Gasteiger partial charge in [-0.25, -0.2) is 15.0 Å². The summed E-state index contributed by atoms with van der Waals surface area (Å²) in [4.78, 5) is 13.2. The molecule has 22 heavy (non-hydrogen) atoms. The topological polar surface area (TPSA) is 55.6 Å². The van der Waals surface area contributed by atoms with Crippen LogP contribution in [0, 0.1) is 6.92 Å². The minimum Gasteiger partial charge on any atom is -0.340 e. The van der Waals surface area contributed by atoms with Crippen LogP contribution in [-0.4, -0.2) is 19.5 Å². The molecule has 2 aromatic heterocycles. The van der Waals surface area contributed by atoms with Gasteiger partial charge in [0.1, 0.15) is 22.6 Å². The van der Waals surface area contributed by atoms with Crippen LogP contribution in [0.1, 0.15) is 30.4 Å². The zero-order chi connectivity index (χ0) is 15.3. The van der Waals surface area contributed by atoms with Crippen molar-refractivity contribution in [1.82, 2.24) is 19.5 Å². The molecule has 1 saturated carbocycles. The van der Waals surface area contributed by atoms with E-state index in [9.17, 15) is 0 Å². The molecule has 2 heterocycles. The molecule has 0 aliphatic heterocycles. The van der Waals surface area contributed by atoms with E-state index in [0.29, 0.717) is 22.7 Å². The highest BCUT2D eigenvalue weighted by Gasteiger charge is 2.28. The van der Waals surface area contributed by atoms with Crippen LogP contribution in [0.25, 0.3) is 11.0 Å². The molecule has 0 atom stereocenters. The summed E-state index contributed by atoms with van der Waals surface area (Å²) in [7, 11) is 2.09. The first kappa shape index (κ1) is 13.5. The van der Waals surface area contributed by atoms with Gasteiger partial charge >= 0.3 is 0 Å². The molecule has 1 fully saturated rings. The summed E-state index contributed by atoms with van der Waals surface area (Å²) in [5.41, 5.74) is 3.11. The zero-order valence-electron chi connectivity index (χ0n) is 12.5. The number of rotatable bonds is 3. The second-order valence-electron chi connectivity index (χ2n) is 5.75. The second-order valence-corrected chi connectivity index (χ2v) is 6.14.